The van der Waals surface area contributed by atoms with E-state index in [1.807, 2.05) is 30.3 Å². The molecule has 0 spiro atoms. The van der Waals surface area contributed by atoms with Gasteiger partial charge in [0, 0.05) is 11.9 Å². The van der Waals surface area contributed by atoms with Gasteiger partial charge in [-0.2, -0.15) is 5.26 Å². The molecule has 1 aliphatic carbocycles. The minimum Gasteiger partial charge on any atom is -0.363 e. The van der Waals surface area contributed by atoms with Crippen molar-refractivity contribution in [3.05, 3.63) is 35.9 Å². The second kappa shape index (κ2) is 5.10. The number of pyridine rings is 1. The molecule has 1 fully saturated rings. The van der Waals surface area contributed by atoms with Crippen molar-refractivity contribution in [1.82, 2.24) is 4.98 Å². The Balaban J connectivity index is 2.02. The number of nitrogens with zero attached hydrogens (tertiary/aromatic N) is 2. The maximum absolute atomic E-state index is 9.31. The van der Waals surface area contributed by atoms with Crippen molar-refractivity contribution in [2.75, 3.05) is 11.9 Å². The van der Waals surface area contributed by atoms with E-state index < -0.39 is 0 Å². The van der Waals surface area contributed by atoms with Crippen LogP contribution in [-0.2, 0) is 0 Å². The first-order valence-corrected chi connectivity index (χ1v) is 7.04. The van der Waals surface area contributed by atoms with E-state index >= 15 is 0 Å². The van der Waals surface area contributed by atoms with Gasteiger partial charge in [0.15, 0.2) is 0 Å². The van der Waals surface area contributed by atoms with Gasteiger partial charge >= 0.3 is 0 Å². The largest absolute Gasteiger partial charge is 0.363 e. The van der Waals surface area contributed by atoms with E-state index in [0.717, 1.165) is 29.6 Å². The Hall–Kier alpha value is -2.12. The number of nitrogens with two attached hydrogens (primary N) is 1. The summed E-state index contributed by atoms with van der Waals surface area (Å²) in [6, 6.07) is 11.8. The fourth-order valence-electron chi connectivity index (χ4n) is 3.04. The number of para-hydroxylation sites is 1. The summed E-state index contributed by atoms with van der Waals surface area (Å²) in [5, 5.41) is 13.7. The number of hydrogen-bond acceptors (Lipinski definition) is 4. The zero-order valence-electron chi connectivity index (χ0n) is 11.4. The van der Waals surface area contributed by atoms with Crippen molar-refractivity contribution in [2.45, 2.75) is 31.2 Å². The van der Waals surface area contributed by atoms with Gasteiger partial charge in [0.05, 0.1) is 22.7 Å². The van der Waals surface area contributed by atoms with Gasteiger partial charge in [-0.25, -0.2) is 4.98 Å². The Morgan fingerprint density at radius 2 is 2.05 bits per heavy atom. The molecule has 0 unspecified atom stereocenters. The minimum absolute atomic E-state index is 0.0534. The monoisotopic (exact) mass is 266 g/mol. The van der Waals surface area contributed by atoms with E-state index in [2.05, 4.69) is 16.4 Å². The molecule has 0 aliphatic heterocycles. The molecule has 20 heavy (non-hydrogen) atoms. The summed E-state index contributed by atoms with van der Waals surface area (Å²) in [4.78, 5) is 4.62. The molecule has 1 aliphatic rings. The van der Waals surface area contributed by atoms with E-state index in [9.17, 15) is 5.26 Å². The zero-order valence-corrected chi connectivity index (χ0v) is 11.4. The summed E-state index contributed by atoms with van der Waals surface area (Å²) in [7, 11) is 0. The van der Waals surface area contributed by atoms with Crippen molar-refractivity contribution in [1.29, 1.82) is 5.26 Å². The van der Waals surface area contributed by atoms with Crippen molar-refractivity contribution < 1.29 is 0 Å². The average Bonchev–Trinajstić information content (AvgIpc) is 2.95. The Labute approximate surface area is 118 Å². The second-order valence-electron chi connectivity index (χ2n) is 5.50. The number of nitrogens with one attached hydrogen (secondary N) is 1. The Kier molecular flexibility index (Phi) is 3.29. The lowest BCUT2D eigenvalue weighted by atomic mass is 9.97. The topological polar surface area (TPSA) is 74.7 Å². The maximum atomic E-state index is 9.31. The standard InChI is InChI=1S/C16H18N4/c17-10-12-9-15(19-14-6-2-1-5-13(12)14)20-16(11-18)7-3-4-8-16/h1-2,5-6,9H,3-4,7-8,11,18H2,(H,19,20). The smallest absolute Gasteiger partial charge is 0.128 e. The van der Waals surface area contributed by atoms with Crippen LogP contribution in [0.4, 0.5) is 5.82 Å². The highest BCUT2D eigenvalue weighted by atomic mass is 15.1. The molecular formula is C16H18N4. The number of hydrogen-bond donors (Lipinski definition) is 2. The molecule has 1 aromatic carbocycles. The molecule has 0 saturated heterocycles. The molecule has 1 heterocycles. The van der Waals surface area contributed by atoms with E-state index in [1.165, 1.54) is 12.8 Å². The third-order valence-electron chi connectivity index (χ3n) is 4.18. The first kappa shape index (κ1) is 12.9. The molecule has 3 N–H and O–H groups in total. The lowest BCUT2D eigenvalue weighted by Crippen LogP contribution is -2.43. The number of benzene rings is 1. The van der Waals surface area contributed by atoms with E-state index in [4.69, 9.17) is 5.73 Å². The van der Waals surface area contributed by atoms with Crippen LogP contribution in [0.3, 0.4) is 0 Å². The molecule has 102 valence electrons. The fraction of sp³-hybridized carbons (Fsp3) is 0.375. The highest BCUT2D eigenvalue weighted by Gasteiger charge is 2.32. The van der Waals surface area contributed by atoms with Crippen molar-refractivity contribution in [2.24, 2.45) is 5.73 Å². The molecule has 1 saturated carbocycles. The Morgan fingerprint density at radius 3 is 2.75 bits per heavy atom. The van der Waals surface area contributed by atoms with Crippen LogP contribution >= 0.6 is 0 Å². The van der Waals surface area contributed by atoms with Crippen LogP contribution in [0.5, 0.6) is 0 Å². The van der Waals surface area contributed by atoms with Crippen molar-refractivity contribution in [3.63, 3.8) is 0 Å². The second-order valence-corrected chi connectivity index (χ2v) is 5.50. The SMILES string of the molecule is N#Cc1cc(NC2(CN)CCCC2)nc2ccccc12. The van der Waals surface area contributed by atoms with Gasteiger partial charge in [-0.05, 0) is 25.0 Å². The molecule has 4 nitrogen and oxygen atoms in total. The third kappa shape index (κ3) is 2.21. The van der Waals surface area contributed by atoms with Gasteiger partial charge in [0.25, 0.3) is 0 Å². The average molecular weight is 266 g/mol. The summed E-state index contributed by atoms with van der Waals surface area (Å²) in [5.41, 5.74) is 7.39. The summed E-state index contributed by atoms with van der Waals surface area (Å²) in [6.45, 7) is 0.601. The first-order valence-electron chi connectivity index (χ1n) is 7.04. The van der Waals surface area contributed by atoms with Crippen LogP contribution in [0.15, 0.2) is 30.3 Å². The molecule has 0 bridgehead atoms. The summed E-state index contributed by atoms with van der Waals surface area (Å²) < 4.78 is 0. The zero-order chi connectivity index (χ0) is 14.0. The molecule has 0 radical (unpaired) electrons. The van der Waals surface area contributed by atoms with Gasteiger partial charge in [-0.1, -0.05) is 31.0 Å². The highest BCUT2D eigenvalue weighted by molar-refractivity contribution is 5.86. The molecule has 0 atom stereocenters. The van der Waals surface area contributed by atoms with Crippen molar-refractivity contribution >= 4 is 16.7 Å². The number of aromatic nitrogens is 1. The molecule has 0 amide bonds. The lowest BCUT2D eigenvalue weighted by molar-refractivity contribution is 0.491. The highest BCUT2D eigenvalue weighted by Crippen LogP contribution is 2.32. The van der Waals surface area contributed by atoms with Gasteiger partial charge in [0.2, 0.25) is 0 Å². The predicted molar refractivity (Wildman–Crippen MR) is 80.3 cm³/mol. The quantitative estimate of drug-likeness (QED) is 0.895. The minimum atomic E-state index is -0.0534. The molecule has 1 aromatic heterocycles. The van der Waals surface area contributed by atoms with Gasteiger partial charge in [0.1, 0.15) is 5.82 Å². The lowest BCUT2D eigenvalue weighted by Gasteiger charge is -2.29. The Bertz CT molecular complexity index is 666. The first-order chi connectivity index (χ1) is 9.76. The van der Waals surface area contributed by atoms with Gasteiger partial charge in [-0.3, -0.25) is 0 Å². The van der Waals surface area contributed by atoms with Gasteiger partial charge < -0.3 is 11.1 Å². The van der Waals surface area contributed by atoms with Crippen LogP contribution in [0, 0.1) is 11.3 Å². The number of fused-ring (bicyclic) bond motifs is 1. The van der Waals surface area contributed by atoms with Crippen LogP contribution in [-0.4, -0.2) is 17.1 Å². The predicted octanol–water partition coefficient (Wildman–Crippen LogP) is 2.79. The summed E-state index contributed by atoms with van der Waals surface area (Å²) in [6.07, 6.45) is 4.53. The number of nitriles is 1. The Morgan fingerprint density at radius 1 is 1.30 bits per heavy atom. The van der Waals surface area contributed by atoms with Crippen LogP contribution in [0.25, 0.3) is 10.9 Å². The molecule has 3 rings (SSSR count). The molecule has 2 aromatic rings. The van der Waals surface area contributed by atoms with Crippen molar-refractivity contribution in [3.8, 4) is 6.07 Å². The summed E-state index contributed by atoms with van der Waals surface area (Å²) in [5.74, 6) is 0.757. The fourth-order valence-corrected chi connectivity index (χ4v) is 3.04. The van der Waals surface area contributed by atoms with Gasteiger partial charge in [-0.15, -0.1) is 0 Å². The third-order valence-corrected chi connectivity index (χ3v) is 4.18. The van der Waals surface area contributed by atoms with Crippen LogP contribution in [0.1, 0.15) is 31.2 Å². The number of anilines is 1. The normalized spacial score (nSPS) is 17.0. The summed E-state index contributed by atoms with van der Waals surface area (Å²) >= 11 is 0. The maximum Gasteiger partial charge on any atom is 0.128 e. The van der Waals surface area contributed by atoms with Crippen LogP contribution < -0.4 is 11.1 Å². The number of rotatable bonds is 3. The van der Waals surface area contributed by atoms with Crippen LogP contribution in [0.2, 0.25) is 0 Å². The molecular weight excluding hydrogens is 248 g/mol. The van der Waals surface area contributed by atoms with E-state index in [0.29, 0.717) is 12.1 Å². The van der Waals surface area contributed by atoms with E-state index in [1.54, 1.807) is 0 Å². The molecule has 4 heteroatoms. The van der Waals surface area contributed by atoms with E-state index in [-0.39, 0.29) is 5.54 Å².